The molecule has 0 aromatic heterocycles. The summed E-state index contributed by atoms with van der Waals surface area (Å²) in [6.45, 7) is 5.32. The molecule has 2 aliphatic heterocycles. The molecular formula is C23H38F2N4O2. The molecule has 0 radical (unpaired) electrons. The summed E-state index contributed by atoms with van der Waals surface area (Å²) in [5, 5.41) is 6.46. The maximum atomic E-state index is 14.6. The van der Waals surface area contributed by atoms with Crippen LogP contribution in [0.3, 0.4) is 0 Å². The third kappa shape index (κ3) is 4.90. The van der Waals surface area contributed by atoms with Crippen LogP contribution in [0.4, 0.5) is 8.78 Å². The van der Waals surface area contributed by atoms with Crippen molar-refractivity contribution in [1.29, 1.82) is 0 Å². The number of nitrogens with zero attached hydrogens (tertiary/aromatic N) is 2. The molecule has 2 N–H and O–H groups in total. The Morgan fingerprint density at radius 1 is 1.10 bits per heavy atom. The fraction of sp³-hybridized carbons (Fsp3) is 0.913. The van der Waals surface area contributed by atoms with Gasteiger partial charge in [0.25, 0.3) is 0 Å². The molecule has 8 unspecified atom stereocenters. The van der Waals surface area contributed by atoms with Gasteiger partial charge in [0.05, 0.1) is 6.04 Å². The number of halogens is 2. The van der Waals surface area contributed by atoms with Gasteiger partial charge >= 0.3 is 0 Å². The Bertz CT molecular complexity index is 662. The van der Waals surface area contributed by atoms with Crippen molar-refractivity contribution in [2.45, 2.75) is 101 Å². The Morgan fingerprint density at radius 2 is 1.87 bits per heavy atom. The first-order valence-corrected chi connectivity index (χ1v) is 12.0. The fourth-order valence-electron chi connectivity index (χ4n) is 6.41. The summed E-state index contributed by atoms with van der Waals surface area (Å²) >= 11 is 0. The molecule has 0 aromatic rings. The zero-order chi connectivity index (χ0) is 22.3. The van der Waals surface area contributed by atoms with Crippen molar-refractivity contribution < 1.29 is 18.4 Å². The second kappa shape index (κ2) is 9.30. The molecule has 4 fully saturated rings. The first-order chi connectivity index (χ1) is 14.7. The Balaban J connectivity index is 1.32. The highest BCUT2D eigenvalue weighted by molar-refractivity contribution is 5.82. The van der Waals surface area contributed by atoms with E-state index in [2.05, 4.69) is 22.5 Å². The van der Waals surface area contributed by atoms with Crippen LogP contribution in [0.5, 0.6) is 0 Å². The van der Waals surface area contributed by atoms with E-state index in [1.807, 2.05) is 7.05 Å². The molecule has 9 atom stereocenters. The van der Waals surface area contributed by atoms with Crippen molar-refractivity contribution in [3.63, 3.8) is 0 Å². The Morgan fingerprint density at radius 3 is 2.58 bits per heavy atom. The number of alkyl halides is 2. The number of carbonyl (C=O) groups is 2. The third-order valence-electron chi connectivity index (χ3n) is 8.38. The first kappa shape index (κ1) is 22.9. The molecule has 0 bridgehead atoms. The standard InChI is InChI=1S/C23H38F2N4O2/c1-13-4-5-20(25)19-11-21(27-22(13)19)23(31)26-16-8-15(24)9-18(10-16)29-7-6-17(12-29)28(3)14(2)30/h13,15-22,27H,4-12H2,1-3H3,(H,26,31)/t13?,15?,16?,17-,18?,19?,20?,21?,22?/m0/s1. The SMILES string of the molecule is CC(=O)N(C)[C@H]1CCN(C2CC(F)CC(NC(=O)C3CC4C(F)CCC(C)C4N3)C2)C1. The average molecular weight is 441 g/mol. The van der Waals surface area contributed by atoms with E-state index in [0.29, 0.717) is 31.6 Å². The molecule has 176 valence electrons. The number of likely N-dealkylation sites (tertiary alicyclic amines) is 1. The van der Waals surface area contributed by atoms with Gasteiger partial charge in [-0.1, -0.05) is 6.92 Å². The van der Waals surface area contributed by atoms with Gasteiger partial charge in [0, 0.05) is 57.1 Å². The zero-order valence-electron chi connectivity index (χ0n) is 19.0. The molecule has 0 spiro atoms. The van der Waals surface area contributed by atoms with Crippen LogP contribution in [0.1, 0.15) is 58.8 Å². The van der Waals surface area contributed by atoms with Gasteiger partial charge in [0.1, 0.15) is 12.3 Å². The van der Waals surface area contributed by atoms with Gasteiger partial charge in [-0.25, -0.2) is 8.78 Å². The highest BCUT2D eigenvalue weighted by Gasteiger charge is 2.47. The van der Waals surface area contributed by atoms with Crippen molar-refractivity contribution >= 4 is 11.8 Å². The van der Waals surface area contributed by atoms with Crippen LogP contribution in [0, 0.1) is 11.8 Å². The molecule has 4 rings (SSSR count). The molecule has 2 amide bonds. The van der Waals surface area contributed by atoms with E-state index in [4.69, 9.17) is 0 Å². The monoisotopic (exact) mass is 440 g/mol. The van der Waals surface area contributed by atoms with Crippen molar-refractivity contribution in [3.8, 4) is 0 Å². The molecule has 2 saturated carbocycles. The number of nitrogens with one attached hydrogen (secondary N) is 2. The molecule has 4 aliphatic rings. The quantitative estimate of drug-likeness (QED) is 0.702. The molecule has 2 heterocycles. The van der Waals surface area contributed by atoms with Crippen LogP contribution in [-0.4, -0.2) is 84.3 Å². The summed E-state index contributed by atoms with van der Waals surface area (Å²) in [4.78, 5) is 28.7. The maximum Gasteiger partial charge on any atom is 0.237 e. The third-order valence-corrected chi connectivity index (χ3v) is 8.38. The van der Waals surface area contributed by atoms with E-state index in [1.165, 1.54) is 0 Å². The van der Waals surface area contributed by atoms with Gasteiger partial charge in [-0.3, -0.25) is 14.5 Å². The average Bonchev–Trinajstić information content (AvgIpc) is 3.38. The first-order valence-electron chi connectivity index (χ1n) is 12.0. The predicted molar refractivity (Wildman–Crippen MR) is 115 cm³/mol. The lowest BCUT2D eigenvalue weighted by Crippen LogP contribution is -2.53. The lowest BCUT2D eigenvalue weighted by Gasteiger charge is -2.38. The summed E-state index contributed by atoms with van der Waals surface area (Å²) in [6, 6.07) is -0.269. The summed E-state index contributed by atoms with van der Waals surface area (Å²) in [5.41, 5.74) is 0. The van der Waals surface area contributed by atoms with Gasteiger partial charge in [0.15, 0.2) is 0 Å². The van der Waals surface area contributed by atoms with E-state index in [0.717, 1.165) is 32.4 Å². The normalized spacial score (nSPS) is 43.5. The Hall–Kier alpha value is -1.28. The molecule has 2 aliphatic carbocycles. The zero-order valence-corrected chi connectivity index (χ0v) is 19.0. The summed E-state index contributed by atoms with van der Waals surface area (Å²) in [5.74, 6) is 0.230. The highest BCUT2D eigenvalue weighted by atomic mass is 19.1. The van der Waals surface area contributed by atoms with E-state index >= 15 is 0 Å². The van der Waals surface area contributed by atoms with E-state index in [1.54, 1.807) is 11.8 Å². The van der Waals surface area contributed by atoms with Crippen molar-refractivity contribution in [2.24, 2.45) is 11.8 Å². The maximum absolute atomic E-state index is 14.6. The summed E-state index contributed by atoms with van der Waals surface area (Å²) < 4.78 is 29.0. The van der Waals surface area contributed by atoms with E-state index < -0.39 is 12.3 Å². The Labute approximate surface area is 184 Å². The number of hydrogen-bond donors (Lipinski definition) is 2. The minimum Gasteiger partial charge on any atom is -0.352 e. The highest BCUT2D eigenvalue weighted by Crippen LogP contribution is 2.39. The lowest BCUT2D eigenvalue weighted by atomic mass is 9.77. The number of carbonyl (C=O) groups excluding carboxylic acids is 2. The van der Waals surface area contributed by atoms with Crippen LogP contribution in [0.15, 0.2) is 0 Å². The molecule has 2 saturated heterocycles. The van der Waals surface area contributed by atoms with Crippen LogP contribution in [0.2, 0.25) is 0 Å². The van der Waals surface area contributed by atoms with Gasteiger partial charge < -0.3 is 15.5 Å². The molecule has 31 heavy (non-hydrogen) atoms. The largest absolute Gasteiger partial charge is 0.352 e. The van der Waals surface area contributed by atoms with E-state index in [-0.39, 0.29) is 47.9 Å². The van der Waals surface area contributed by atoms with Crippen LogP contribution in [-0.2, 0) is 9.59 Å². The topological polar surface area (TPSA) is 64.7 Å². The Kier molecular flexibility index (Phi) is 6.87. The van der Waals surface area contributed by atoms with Crippen LogP contribution in [0.25, 0.3) is 0 Å². The van der Waals surface area contributed by atoms with Crippen LogP contribution < -0.4 is 10.6 Å². The second-order valence-corrected chi connectivity index (χ2v) is 10.4. The molecule has 8 heteroatoms. The molecule has 6 nitrogen and oxygen atoms in total. The predicted octanol–water partition coefficient (Wildman–Crippen LogP) is 2.03. The minimum absolute atomic E-state index is 0.0541. The van der Waals surface area contributed by atoms with E-state index in [9.17, 15) is 18.4 Å². The summed E-state index contributed by atoms with van der Waals surface area (Å²) in [7, 11) is 1.83. The smallest absolute Gasteiger partial charge is 0.237 e. The number of amides is 2. The number of fused-ring (bicyclic) bond motifs is 1. The van der Waals surface area contributed by atoms with Crippen molar-refractivity contribution in [1.82, 2.24) is 20.4 Å². The molecule has 0 aromatic carbocycles. The van der Waals surface area contributed by atoms with Gasteiger partial charge in [-0.15, -0.1) is 0 Å². The van der Waals surface area contributed by atoms with Gasteiger partial charge in [-0.2, -0.15) is 0 Å². The number of likely N-dealkylation sites (N-methyl/N-ethyl adjacent to an activating group) is 1. The lowest BCUT2D eigenvalue weighted by molar-refractivity contribution is -0.129. The number of hydrogen-bond acceptors (Lipinski definition) is 4. The minimum atomic E-state index is -0.942. The number of rotatable bonds is 4. The van der Waals surface area contributed by atoms with Gasteiger partial charge in [0.2, 0.25) is 11.8 Å². The second-order valence-electron chi connectivity index (χ2n) is 10.4. The fourth-order valence-corrected chi connectivity index (χ4v) is 6.41. The van der Waals surface area contributed by atoms with Crippen molar-refractivity contribution in [3.05, 3.63) is 0 Å². The van der Waals surface area contributed by atoms with Gasteiger partial charge in [-0.05, 0) is 50.9 Å². The van der Waals surface area contributed by atoms with Crippen molar-refractivity contribution in [2.75, 3.05) is 20.1 Å². The molecular weight excluding hydrogens is 402 g/mol. The summed E-state index contributed by atoms with van der Waals surface area (Å²) in [6.07, 6.45) is 2.64. The van der Waals surface area contributed by atoms with Crippen LogP contribution >= 0.6 is 0 Å².